The molecule has 0 aliphatic rings. The van der Waals surface area contributed by atoms with Crippen molar-refractivity contribution in [3.05, 3.63) is 363 Å². The molecular formula is C97H57F5N14. The monoisotopic (exact) mass is 1510 g/mol. The van der Waals surface area contributed by atoms with Crippen LogP contribution < -0.4 is 0 Å². The Hall–Kier alpha value is -15.6. The lowest BCUT2D eigenvalue weighted by molar-refractivity contribution is -0.137. The molecule has 0 saturated heterocycles. The van der Waals surface area contributed by atoms with Crippen LogP contribution in [0.2, 0.25) is 0 Å². The highest BCUT2D eigenvalue weighted by molar-refractivity contribution is 6.14. The topological polar surface area (TPSA) is 165 Å². The van der Waals surface area contributed by atoms with Gasteiger partial charge in [0.05, 0.1) is 44.6 Å². The summed E-state index contributed by atoms with van der Waals surface area (Å²) in [4.78, 5) is 60.6. The summed E-state index contributed by atoms with van der Waals surface area (Å²) in [5.74, 6) is 2.23. The van der Waals surface area contributed by atoms with Crippen LogP contribution in [0.5, 0.6) is 0 Å². The number of halogens is 5. The normalized spacial score (nSPS) is 11.7. The maximum Gasteiger partial charge on any atom is 0.418 e. The maximum absolute atomic E-state index is 17.6. The van der Waals surface area contributed by atoms with Crippen LogP contribution in [0.1, 0.15) is 5.56 Å². The molecule has 0 bridgehead atoms. The van der Waals surface area contributed by atoms with Gasteiger partial charge in [-0.25, -0.2) is 68.6 Å². The first-order valence-corrected chi connectivity index (χ1v) is 37.3. The number of fused-ring (bicyclic) bond motifs is 6. The fourth-order valence-corrected chi connectivity index (χ4v) is 15.0. The summed E-state index contributed by atoms with van der Waals surface area (Å²) in [6.07, 6.45) is -5.17. The van der Waals surface area contributed by atoms with E-state index in [1.165, 1.54) is 16.7 Å². The lowest BCUT2D eigenvalue weighted by atomic mass is 9.97. The molecule has 0 amide bonds. The summed E-state index contributed by atoms with van der Waals surface area (Å²) in [5, 5.41) is 1.93. The molecule has 0 atom stereocenters. The molecule has 550 valence electrons. The zero-order valence-electron chi connectivity index (χ0n) is 61.1. The third-order valence-corrected chi connectivity index (χ3v) is 20.5. The number of alkyl halides is 3. The minimum atomic E-state index is -5.17. The van der Waals surface area contributed by atoms with Crippen molar-refractivity contribution in [2.75, 3.05) is 0 Å². The molecule has 14 aromatic carbocycles. The number of aromatic nitrogens is 14. The van der Waals surface area contributed by atoms with Crippen molar-refractivity contribution in [2.24, 2.45) is 0 Å². The Labute approximate surface area is 659 Å². The highest BCUT2D eigenvalue weighted by Gasteiger charge is 2.38. The minimum Gasteiger partial charge on any atom is -0.309 e. The van der Waals surface area contributed by atoms with Crippen molar-refractivity contribution in [1.29, 1.82) is 0 Å². The summed E-state index contributed by atoms with van der Waals surface area (Å²) in [5.41, 5.74) is 6.57. The second-order valence-electron chi connectivity index (χ2n) is 27.7. The summed E-state index contributed by atoms with van der Waals surface area (Å²) in [7, 11) is 0. The molecule has 6 heterocycles. The molecule has 0 aliphatic heterocycles. The molecule has 0 saturated carbocycles. The van der Waals surface area contributed by atoms with Gasteiger partial charge in [0, 0.05) is 93.9 Å². The largest absolute Gasteiger partial charge is 0.418 e. The summed E-state index contributed by atoms with van der Waals surface area (Å²) in [6, 6.07) is 103. The van der Waals surface area contributed by atoms with E-state index >= 15 is 22.0 Å². The SMILES string of the molecule is Fc1cccc(F)c1-c1cc(-n2c3ccc(-c4nc(-c5ccccc5)nc(-c5ccccc5)n4)cc3c3cc(-c4nc(-c5ccccc5)nc(-c5ccccc5)n4)ccc32)c(C(F)(F)F)cc1-n1c2ccc(-c3nc(-c4ccccc4)nc(-c4ccccc4)n3)cc2c2cc(-c3nc(-c4ccccc4)nc(-c4ccccc4)n3)ccc21. The lowest BCUT2D eigenvalue weighted by Gasteiger charge is -2.22. The predicted octanol–water partition coefficient (Wildman–Crippen LogP) is 23.6. The molecule has 19 heteroatoms. The smallest absolute Gasteiger partial charge is 0.309 e. The molecule has 0 unspecified atom stereocenters. The highest BCUT2D eigenvalue weighted by Crippen LogP contribution is 2.48. The molecule has 6 aromatic heterocycles. The predicted molar refractivity (Wildman–Crippen MR) is 444 cm³/mol. The van der Waals surface area contributed by atoms with Crippen molar-refractivity contribution in [2.45, 2.75) is 6.18 Å². The van der Waals surface area contributed by atoms with Crippen molar-refractivity contribution in [3.8, 4) is 159 Å². The molecule has 20 rings (SSSR count). The molecule has 0 aliphatic carbocycles. The lowest BCUT2D eigenvalue weighted by Crippen LogP contribution is -2.13. The minimum absolute atomic E-state index is 0.205. The van der Waals surface area contributed by atoms with Gasteiger partial charge in [0.25, 0.3) is 0 Å². The van der Waals surface area contributed by atoms with Gasteiger partial charge in [0.1, 0.15) is 11.6 Å². The zero-order chi connectivity index (χ0) is 78.0. The van der Waals surface area contributed by atoms with Crippen LogP contribution in [-0.2, 0) is 6.18 Å². The van der Waals surface area contributed by atoms with Gasteiger partial charge in [-0.3, -0.25) is 0 Å². The van der Waals surface area contributed by atoms with E-state index in [0.29, 0.717) is 113 Å². The van der Waals surface area contributed by atoms with E-state index < -0.39 is 34.6 Å². The molecule has 0 fully saturated rings. The van der Waals surface area contributed by atoms with E-state index in [-0.39, 0.29) is 33.9 Å². The Bertz CT molecular complexity index is 6570. The quantitative estimate of drug-likeness (QED) is 0.0894. The Kier molecular flexibility index (Phi) is 17.3. The van der Waals surface area contributed by atoms with Crippen molar-refractivity contribution >= 4 is 43.6 Å². The van der Waals surface area contributed by atoms with Crippen LogP contribution in [0.15, 0.2) is 346 Å². The molecular weight excluding hydrogens is 1460 g/mol. The first-order chi connectivity index (χ1) is 56.9. The fourth-order valence-electron chi connectivity index (χ4n) is 15.0. The molecule has 14 nitrogen and oxygen atoms in total. The van der Waals surface area contributed by atoms with Crippen LogP contribution in [0.4, 0.5) is 22.0 Å². The fraction of sp³-hybridized carbons (Fsp3) is 0.0103. The molecule has 0 N–H and O–H groups in total. The summed E-state index contributed by atoms with van der Waals surface area (Å²) in [6.45, 7) is 0. The number of nitrogens with zero attached hydrogens (tertiary/aromatic N) is 14. The van der Waals surface area contributed by atoms with E-state index in [2.05, 4.69) is 0 Å². The van der Waals surface area contributed by atoms with Gasteiger partial charge in [-0.1, -0.05) is 249 Å². The Morgan fingerprint density at radius 1 is 0.198 bits per heavy atom. The van der Waals surface area contributed by atoms with Gasteiger partial charge in [-0.15, -0.1) is 0 Å². The van der Waals surface area contributed by atoms with Crippen LogP contribution in [-0.4, -0.2) is 68.9 Å². The van der Waals surface area contributed by atoms with Crippen LogP contribution in [0.3, 0.4) is 0 Å². The summed E-state index contributed by atoms with van der Waals surface area (Å²) < 4.78 is 90.9. The van der Waals surface area contributed by atoms with Gasteiger partial charge in [-0.2, -0.15) is 13.2 Å². The number of benzene rings is 14. The Morgan fingerprint density at radius 2 is 0.405 bits per heavy atom. The average molecular weight is 1510 g/mol. The standard InChI is InChI=1S/C97H57F5N14/c98-76-42-25-43-77(99)84(76)74-56-83(116-80-50-46-68(95-111-89(62-34-17-5-18-35-62)105-90(112-95)63-36-19-6-20-37-63)54-72(80)73-55-69(47-51-81(73)116)96-113-91(64-38-21-7-22-39-64)106-92(114-96)65-40-23-8-24-41-65)75(97(100,101)102)57-82(74)115-78-48-44-66(93-107-85(58-26-9-1-10-27-58)103-86(108-93)59-28-11-2-12-29-59)52-70(78)71-53-67(45-49-79(71)115)94-109-87(60-30-13-3-14-31-60)104-88(110-94)61-32-15-4-16-33-61/h1-57H. The molecule has 0 spiro atoms. The Balaban J connectivity index is 0.853. The Morgan fingerprint density at radius 3 is 0.621 bits per heavy atom. The van der Waals surface area contributed by atoms with Crippen molar-refractivity contribution < 1.29 is 22.0 Å². The van der Waals surface area contributed by atoms with Gasteiger partial charge in [-0.05, 0) is 97.1 Å². The first kappa shape index (κ1) is 69.6. The van der Waals surface area contributed by atoms with Crippen LogP contribution in [0.25, 0.3) is 203 Å². The molecule has 0 radical (unpaired) electrons. The van der Waals surface area contributed by atoms with E-state index in [1.54, 1.807) is 53.1 Å². The second kappa shape index (κ2) is 28.9. The number of rotatable bonds is 15. The molecule has 20 aromatic rings. The van der Waals surface area contributed by atoms with E-state index in [1.807, 2.05) is 267 Å². The van der Waals surface area contributed by atoms with Gasteiger partial charge in [0.2, 0.25) is 0 Å². The van der Waals surface area contributed by atoms with Crippen LogP contribution >= 0.6 is 0 Å². The zero-order valence-corrected chi connectivity index (χ0v) is 61.1. The van der Waals surface area contributed by atoms with Gasteiger partial charge < -0.3 is 9.13 Å². The van der Waals surface area contributed by atoms with E-state index in [9.17, 15) is 0 Å². The number of hydrogen-bond donors (Lipinski definition) is 0. The first-order valence-electron chi connectivity index (χ1n) is 37.3. The summed E-state index contributed by atoms with van der Waals surface area (Å²) >= 11 is 0. The van der Waals surface area contributed by atoms with Crippen molar-refractivity contribution in [3.63, 3.8) is 0 Å². The van der Waals surface area contributed by atoms with Gasteiger partial charge in [0.15, 0.2) is 69.9 Å². The third kappa shape index (κ3) is 12.9. The van der Waals surface area contributed by atoms with E-state index in [4.69, 9.17) is 59.8 Å². The number of hydrogen-bond acceptors (Lipinski definition) is 12. The van der Waals surface area contributed by atoms with Crippen LogP contribution in [0, 0.1) is 11.6 Å². The maximum atomic E-state index is 17.6. The molecule has 116 heavy (non-hydrogen) atoms. The van der Waals surface area contributed by atoms with Gasteiger partial charge >= 0.3 is 6.18 Å². The van der Waals surface area contributed by atoms with E-state index in [0.717, 1.165) is 62.7 Å². The third-order valence-electron chi connectivity index (χ3n) is 20.5. The highest BCUT2D eigenvalue weighted by atomic mass is 19.4. The second-order valence-corrected chi connectivity index (χ2v) is 27.7. The average Bonchev–Trinajstić information content (AvgIpc) is 1.54. The van der Waals surface area contributed by atoms with Crippen molar-refractivity contribution in [1.82, 2.24) is 68.9 Å².